The van der Waals surface area contributed by atoms with Crippen molar-refractivity contribution in [3.05, 3.63) is 30.3 Å². The first-order valence-electron chi connectivity index (χ1n) is 7.26. The third kappa shape index (κ3) is 5.31. The second-order valence-electron chi connectivity index (χ2n) is 5.39. The molecule has 0 aliphatic heterocycles. The summed E-state index contributed by atoms with van der Waals surface area (Å²) in [7, 11) is 3.94. The molecule has 0 aromatic heterocycles. The summed E-state index contributed by atoms with van der Waals surface area (Å²) < 4.78 is 0. The SMILES string of the molecule is CNCCCN(C)CC(=O)N(c1ccccc1)C(C)C. The number of amides is 1. The van der Waals surface area contributed by atoms with Crippen molar-refractivity contribution in [1.29, 1.82) is 0 Å². The van der Waals surface area contributed by atoms with Crippen LogP contribution in [-0.4, -0.2) is 50.6 Å². The van der Waals surface area contributed by atoms with Crippen LogP contribution in [0.4, 0.5) is 5.69 Å². The van der Waals surface area contributed by atoms with Gasteiger partial charge in [0.2, 0.25) is 5.91 Å². The van der Waals surface area contributed by atoms with Crippen LogP contribution in [-0.2, 0) is 4.79 Å². The third-order valence-electron chi connectivity index (χ3n) is 3.19. The van der Waals surface area contributed by atoms with E-state index in [1.807, 2.05) is 63.2 Å². The van der Waals surface area contributed by atoms with Gasteiger partial charge in [-0.05, 0) is 59.6 Å². The normalized spacial score (nSPS) is 11.1. The molecule has 4 nitrogen and oxygen atoms in total. The van der Waals surface area contributed by atoms with E-state index >= 15 is 0 Å². The van der Waals surface area contributed by atoms with Crippen molar-refractivity contribution in [2.45, 2.75) is 26.3 Å². The highest BCUT2D eigenvalue weighted by atomic mass is 16.2. The molecule has 1 rings (SSSR count). The number of carbonyl (C=O) groups is 1. The van der Waals surface area contributed by atoms with Crippen LogP contribution in [0.1, 0.15) is 20.3 Å². The summed E-state index contributed by atoms with van der Waals surface area (Å²) in [6, 6.07) is 10.0. The lowest BCUT2D eigenvalue weighted by Crippen LogP contribution is -2.43. The first-order valence-corrected chi connectivity index (χ1v) is 7.26. The maximum absolute atomic E-state index is 12.5. The van der Waals surface area contributed by atoms with Crippen LogP contribution in [0.3, 0.4) is 0 Å². The summed E-state index contributed by atoms with van der Waals surface area (Å²) in [5.74, 6) is 0.151. The van der Waals surface area contributed by atoms with Gasteiger partial charge in [-0.25, -0.2) is 0 Å². The monoisotopic (exact) mass is 277 g/mol. The predicted octanol–water partition coefficient (Wildman–Crippen LogP) is 1.97. The van der Waals surface area contributed by atoms with Gasteiger partial charge in [-0.1, -0.05) is 18.2 Å². The van der Waals surface area contributed by atoms with Gasteiger partial charge < -0.3 is 10.2 Å². The molecule has 0 unspecified atom stereocenters. The van der Waals surface area contributed by atoms with Crippen LogP contribution >= 0.6 is 0 Å². The smallest absolute Gasteiger partial charge is 0.241 e. The summed E-state index contributed by atoms with van der Waals surface area (Å²) in [4.78, 5) is 16.4. The highest BCUT2D eigenvalue weighted by Crippen LogP contribution is 2.16. The van der Waals surface area contributed by atoms with Crippen LogP contribution in [0, 0.1) is 0 Å². The number of nitrogens with zero attached hydrogens (tertiary/aromatic N) is 2. The molecule has 0 heterocycles. The Labute approximate surface area is 122 Å². The Morgan fingerprint density at radius 2 is 1.90 bits per heavy atom. The van der Waals surface area contributed by atoms with Gasteiger partial charge >= 0.3 is 0 Å². The molecule has 0 atom stereocenters. The Morgan fingerprint density at radius 1 is 1.25 bits per heavy atom. The van der Waals surface area contributed by atoms with Gasteiger partial charge in [0, 0.05) is 11.7 Å². The van der Waals surface area contributed by atoms with Crippen molar-refractivity contribution in [2.24, 2.45) is 0 Å². The Hall–Kier alpha value is -1.39. The van der Waals surface area contributed by atoms with Crippen molar-refractivity contribution >= 4 is 11.6 Å². The average Bonchev–Trinajstić information content (AvgIpc) is 2.39. The zero-order valence-electron chi connectivity index (χ0n) is 13.1. The van der Waals surface area contributed by atoms with Gasteiger partial charge in [0.1, 0.15) is 0 Å². The molecular formula is C16H27N3O. The van der Waals surface area contributed by atoms with Gasteiger partial charge in [0.25, 0.3) is 0 Å². The van der Waals surface area contributed by atoms with E-state index < -0.39 is 0 Å². The first-order chi connectivity index (χ1) is 9.56. The second kappa shape index (κ2) is 8.72. The molecule has 20 heavy (non-hydrogen) atoms. The van der Waals surface area contributed by atoms with E-state index in [0.29, 0.717) is 6.54 Å². The van der Waals surface area contributed by atoms with Crippen molar-refractivity contribution in [1.82, 2.24) is 10.2 Å². The number of likely N-dealkylation sites (N-methyl/N-ethyl adjacent to an activating group) is 1. The van der Waals surface area contributed by atoms with Gasteiger partial charge in [-0.2, -0.15) is 0 Å². The Balaban J connectivity index is 2.62. The fraction of sp³-hybridized carbons (Fsp3) is 0.562. The van der Waals surface area contributed by atoms with Crippen molar-refractivity contribution in [3.63, 3.8) is 0 Å². The zero-order valence-corrected chi connectivity index (χ0v) is 13.1. The summed E-state index contributed by atoms with van der Waals surface area (Å²) in [6.45, 7) is 6.45. The molecule has 4 heteroatoms. The molecular weight excluding hydrogens is 250 g/mol. The van der Waals surface area contributed by atoms with Crippen molar-refractivity contribution in [2.75, 3.05) is 38.6 Å². The highest BCUT2D eigenvalue weighted by Gasteiger charge is 2.19. The lowest BCUT2D eigenvalue weighted by molar-refractivity contribution is -0.119. The highest BCUT2D eigenvalue weighted by molar-refractivity contribution is 5.95. The lowest BCUT2D eigenvalue weighted by atomic mass is 10.2. The van der Waals surface area contributed by atoms with E-state index in [2.05, 4.69) is 10.2 Å². The molecule has 0 saturated carbocycles. The van der Waals surface area contributed by atoms with Crippen LogP contribution in [0.25, 0.3) is 0 Å². The molecule has 112 valence electrons. The molecule has 0 fully saturated rings. The van der Waals surface area contributed by atoms with Crippen LogP contribution in [0.5, 0.6) is 0 Å². The topological polar surface area (TPSA) is 35.6 Å². The minimum Gasteiger partial charge on any atom is -0.320 e. The number of para-hydroxylation sites is 1. The summed E-state index contributed by atoms with van der Waals surface area (Å²) in [5.41, 5.74) is 0.969. The first kappa shape index (κ1) is 16.7. The lowest BCUT2D eigenvalue weighted by Gasteiger charge is -2.29. The molecule has 0 aliphatic rings. The standard InChI is InChI=1S/C16H27N3O/c1-14(2)19(15-9-6-5-7-10-15)16(20)13-18(4)12-8-11-17-3/h5-7,9-10,14,17H,8,11-13H2,1-4H3. The molecule has 0 aliphatic carbocycles. The number of hydrogen-bond acceptors (Lipinski definition) is 3. The molecule has 0 bridgehead atoms. The molecule has 0 saturated heterocycles. The van der Waals surface area contributed by atoms with E-state index in [-0.39, 0.29) is 11.9 Å². The number of rotatable bonds is 8. The van der Waals surface area contributed by atoms with Crippen molar-refractivity contribution < 1.29 is 4.79 Å². The van der Waals surface area contributed by atoms with E-state index in [9.17, 15) is 4.79 Å². The quantitative estimate of drug-likeness (QED) is 0.738. The molecule has 1 aromatic rings. The second-order valence-corrected chi connectivity index (χ2v) is 5.39. The van der Waals surface area contributed by atoms with Gasteiger partial charge in [-0.15, -0.1) is 0 Å². The number of carbonyl (C=O) groups excluding carboxylic acids is 1. The summed E-state index contributed by atoms with van der Waals surface area (Å²) in [5, 5.41) is 3.12. The maximum atomic E-state index is 12.5. The Bertz CT molecular complexity index is 392. The number of benzene rings is 1. The molecule has 1 N–H and O–H groups in total. The predicted molar refractivity (Wildman–Crippen MR) is 85.1 cm³/mol. The van der Waals surface area contributed by atoms with E-state index in [0.717, 1.165) is 25.2 Å². The number of anilines is 1. The molecule has 0 radical (unpaired) electrons. The Morgan fingerprint density at radius 3 is 2.45 bits per heavy atom. The summed E-state index contributed by atoms with van der Waals surface area (Å²) in [6.07, 6.45) is 1.05. The van der Waals surface area contributed by atoms with Gasteiger partial charge in [0.15, 0.2) is 0 Å². The van der Waals surface area contributed by atoms with Gasteiger partial charge in [-0.3, -0.25) is 9.69 Å². The zero-order chi connectivity index (χ0) is 15.0. The molecule has 1 aromatic carbocycles. The third-order valence-corrected chi connectivity index (χ3v) is 3.19. The fourth-order valence-electron chi connectivity index (χ4n) is 2.23. The minimum atomic E-state index is 0.151. The molecule has 1 amide bonds. The minimum absolute atomic E-state index is 0.151. The van der Waals surface area contributed by atoms with E-state index in [1.165, 1.54) is 0 Å². The largest absolute Gasteiger partial charge is 0.320 e. The number of nitrogens with one attached hydrogen (secondary N) is 1. The Kier molecular flexibility index (Phi) is 7.26. The average molecular weight is 277 g/mol. The van der Waals surface area contributed by atoms with Crippen LogP contribution in [0.2, 0.25) is 0 Å². The van der Waals surface area contributed by atoms with Crippen LogP contribution < -0.4 is 10.2 Å². The number of hydrogen-bond donors (Lipinski definition) is 1. The molecule has 0 spiro atoms. The van der Waals surface area contributed by atoms with E-state index in [4.69, 9.17) is 0 Å². The summed E-state index contributed by atoms with van der Waals surface area (Å²) >= 11 is 0. The fourth-order valence-corrected chi connectivity index (χ4v) is 2.23. The van der Waals surface area contributed by atoms with Crippen molar-refractivity contribution in [3.8, 4) is 0 Å². The van der Waals surface area contributed by atoms with Crippen LogP contribution in [0.15, 0.2) is 30.3 Å². The maximum Gasteiger partial charge on any atom is 0.241 e. The van der Waals surface area contributed by atoms with E-state index in [1.54, 1.807) is 0 Å². The van der Waals surface area contributed by atoms with Gasteiger partial charge in [0.05, 0.1) is 6.54 Å².